The van der Waals surface area contributed by atoms with Gasteiger partial charge in [-0.05, 0) is 49.4 Å². The maximum absolute atomic E-state index is 12.4. The van der Waals surface area contributed by atoms with Gasteiger partial charge in [0.1, 0.15) is 0 Å². The molecule has 2 aliphatic carbocycles. The lowest BCUT2D eigenvalue weighted by Crippen LogP contribution is -2.31. The summed E-state index contributed by atoms with van der Waals surface area (Å²) < 4.78 is 12.4. The van der Waals surface area contributed by atoms with Crippen molar-refractivity contribution >= 4 is 16.8 Å². The zero-order chi connectivity index (χ0) is 13.3. The van der Waals surface area contributed by atoms with Crippen molar-refractivity contribution in [3.63, 3.8) is 0 Å². The molecule has 3 nitrogen and oxygen atoms in total. The molecule has 2 saturated carbocycles. The second-order valence-corrected chi connectivity index (χ2v) is 8.20. The topological polar surface area (TPSA) is 54.4 Å². The maximum Gasteiger partial charge on any atom is 0.303 e. The molecule has 0 aromatic carbocycles. The molecule has 0 spiro atoms. The molecule has 0 amide bonds. The summed E-state index contributed by atoms with van der Waals surface area (Å²) in [5.74, 6) is 1.27. The van der Waals surface area contributed by atoms with Crippen molar-refractivity contribution in [1.29, 1.82) is 0 Å². The monoisotopic (exact) mass is 272 g/mol. The number of carboxylic acids is 1. The van der Waals surface area contributed by atoms with Crippen LogP contribution in [0.5, 0.6) is 0 Å². The van der Waals surface area contributed by atoms with Crippen molar-refractivity contribution in [3.05, 3.63) is 0 Å². The van der Waals surface area contributed by atoms with Gasteiger partial charge < -0.3 is 5.11 Å². The third-order valence-electron chi connectivity index (χ3n) is 4.85. The first kappa shape index (κ1) is 14.0. The number of aliphatic carboxylic acids is 1. The van der Waals surface area contributed by atoms with Crippen LogP contribution < -0.4 is 0 Å². The second kappa shape index (κ2) is 5.32. The largest absolute Gasteiger partial charge is 0.481 e. The molecule has 104 valence electrons. The predicted molar refractivity (Wildman–Crippen MR) is 72.9 cm³/mol. The quantitative estimate of drug-likeness (QED) is 0.837. The molecule has 4 atom stereocenters. The fourth-order valence-corrected chi connectivity index (χ4v) is 5.17. The lowest BCUT2D eigenvalue weighted by molar-refractivity contribution is -0.138. The molecule has 2 aliphatic rings. The summed E-state index contributed by atoms with van der Waals surface area (Å²) >= 11 is 0. The molecular weight excluding hydrogens is 248 g/mol. The molecule has 0 aromatic rings. The molecule has 0 saturated heterocycles. The number of carboxylic acid groups (broad SMARTS) is 1. The van der Waals surface area contributed by atoms with E-state index in [1.54, 1.807) is 0 Å². The van der Waals surface area contributed by atoms with Crippen LogP contribution >= 0.6 is 0 Å². The van der Waals surface area contributed by atoms with E-state index in [0.29, 0.717) is 16.9 Å². The highest BCUT2D eigenvalue weighted by molar-refractivity contribution is 7.85. The maximum atomic E-state index is 12.4. The Bertz CT molecular complexity index is 349. The van der Waals surface area contributed by atoms with Crippen LogP contribution in [-0.2, 0) is 15.6 Å². The summed E-state index contributed by atoms with van der Waals surface area (Å²) in [4.78, 5) is 10.8. The Morgan fingerprint density at radius 3 is 2.44 bits per heavy atom. The molecule has 2 rings (SSSR count). The Morgan fingerprint density at radius 2 is 1.94 bits per heavy atom. The number of carbonyl (C=O) groups is 1. The molecule has 0 aliphatic heterocycles. The summed E-state index contributed by atoms with van der Waals surface area (Å²) in [5.41, 5.74) is -0.122. The van der Waals surface area contributed by atoms with Crippen LogP contribution in [0.2, 0.25) is 0 Å². The Hall–Kier alpha value is -0.380. The summed E-state index contributed by atoms with van der Waals surface area (Å²) in [6.07, 6.45) is 5.38. The fraction of sp³-hybridized carbons (Fsp3) is 0.929. The van der Waals surface area contributed by atoms with E-state index in [4.69, 9.17) is 5.11 Å². The lowest BCUT2D eigenvalue weighted by Gasteiger charge is -2.32. The standard InChI is InChI=1S/C14H24O3S/c1-10-3-4-12(7-11(10)2)18(17)9-14(5-6-14)8-13(15)16/h10-12H,3-9H2,1-2H3,(H,15,16). The van der Waals surface area contributed by atoms with E-state index in [2.05, 4.69) is 13.8 Å². The summed E-state index contributed by atoms with van der Waals surface area (Å²) in [6.45, 7) is 4.52. The van der Waals surface area contributed by atoms with Gasteiger partial charge in [0.05, 0.1) is 6.42 Å². The summed E-state index contributed by atoms with van der Waals surface area (Å²) in [5, 5.41) is 9.20. The highest BCUT2D eigenvalue weighted by atomic mass is 32.2. The lowest BCUT2D eigenvalue weighted by atomic mass is 9.81. The zero-order valence-electron chi connectivity index (χ0n) is 11.4. The van der Waals surface area contributed by atoms with E-state index < -0.39 is 16.8 Å². The Labute approximate surface area is 112 Å². The first-order chi connectivity index (χ1) is 8.42. The molecule has 0 bridgehead atoms. The highest BCUT2D eigenvalue weighted by Gasteiger charge is 2.46. The third-order valence-corrected chi connectivity index (χ3v) is 6.92. The van der Waals surface area contributed by atoms with Crippen molar-refractivity contribution in [3.8, 4) is 0 Å². The Balaban J connectivity index is 1.87. The van der Waals surface area contributed by atoms with E-state index in [-0.39, 0.29) is 11.8 Å². The molecule has 18 heavy (non-hydrogen) atoms. The second-order valence-electron chi connectivity index (χ2n) is 6.49. The average Bonchev–Trinajstić information content (AvgIpc) is 3.00. The molecule has 2 fully saturated rings. The molecule has 4 unspecified atom stereocenters. The van der Waals surface area contributed by atoms with E-state index >= 15 is 0 Å². The highest BCUT2D eigenvalue weighted by Crippen LogP contribution is 2.50. The van der Waals surface area contributed by atoms with Crippen LogP contribution in [0.4, 0.5) is 0 Å². The minimum atomic E-state index is -0.829. The van der Waals surface area contributed by atoms with Gasteiger partial charge in [0, 0.05) is 21.8 Å². The van der Waals surface area contributed by atoms with Crippen LogP contribution in [0.15, 0.2) is 0 Å². The summed E-state index contributed by atoms with van der Waals surface area (Å²) in [7, 11) is -0.829. The first-order valence-corrected chi connectivity index (χ1v) is 8.39. The third kappa shape index (κ3) is 3.34. The number of rotatable bonds is 5. The van der Waals surface area contributed by atoms with Crippen LogP contribution in [-0.4, -0.2) is 26.3 Å². The van der Waals surface area contributed by atoms with Gasteiger partial charge in [0.25, 0.3) is 0 Å². The van der Waals surface area contributed by atoms with Crippen LogP contribution in [0, 0.1) is 17.3 Å². The van der Waals surface area contributed by atoms with Crippen molar-refractivity contribution in [2.75, 3.05) is 5.75 Å². The molecular formula is C14H24O3S. The van der Waals surface area contributed by atoms with Crippen molar-refractivity contribution in [2.45, 2.75) is 57.6 Å². The normalized spacial score (nSPS) is 36.0. The average molecular weight is 272 g/mol. The van der Waals surface area contributed by atoms with E-state index in [9.17, 15) is 9.00 Å². The van der Waals surface area contributed by atoms with Crippen molar-refractivity contribution in [2.24, 2.45) is 17.3 Å². The van der Waals surface area contributed by atoms with Crippen molar-refractivity contribution < 1.29 is 14.1 Å². The van der Waals surface area contributed by atoms with Gasteiger partial charge in [-0.1, -0.05) is 13.8 Å². The van der Waals surface area contributed by atoms with Gasteiger partial charge in [-0.3, -0.25) is 9.00 Å². The van der Waals surface area contributed by atoms with Gasteiger partial charge in [0.2, 0.25) is 0 Å². The van der Waals surface area contributed by atoms with E-state index in [0.717, 1.165) is 31.6 Å². The fourth-order valence-electron chi connectivity index (χ4n) is 3.03. The molecule has 0 heterocycles. The van der Waals surface area contributed by atoms with Gasteiger partial charge in [-0.2, -0.15) is 0 Å². The van der Waals surface area contributed by atoms with Gasteiger partial charge >= 0.3 is 5.97 Å². The molecule has 1 N–H and O–H groups in total. The van der Waals surface area contributed by atoms with Crippen LogP contribution in [0.25, 0.3) is 0 Å². The minimum absolute atomic E-state index is 0.122. The zero-order valence-corrected chi connectivity index (χ0v) is 12.2. The minimum Gasteiger partial charge on any atom is -0.481 e. The van der Waals surface area contributed by atoms with Crippen molar-refractivity contribution in [1.82, 2.24) is 0 Å². The smallest absolute Gasteiger partial charge is 0.303 e. The predicted octanol–water partition coefficient (Wildman–Crippen LogP) is 2.81. The van der Waals surface area contributed by atoms with E-state index in [1.807, 2.05) is 0 Å². The molecule has 0 aromatic heterocycles. The number of hydrogen-bond donors (Lipinski definition) is 1. The van der Waals surface area contributed by atoms with Gasteiger partial charge in [0.15, 0.2) is 0 Å². The SMILES string of the molecule is CC1CCC(S(=O)CC2(CC(=O)O)CC2)CC1C. The number of hydrogen-bond acceptors (Lipinski definition) is 2. The Morgan fingerprint density at radius 1 is 1.28 bits per heavy atom. The van der Waals surface area contributed by atoms with Crippen LogP contribution in [0.3, 0.4) is 0 Å². The van der Waals surface area contributed by atoms with Gasteiger partial charge in [-0.25, -0.2) is 0 Å². The molecule has 4 heteroatoms. The van der Waals surface area contributed by atoms with Gasteiger partial charge in [-0.15, -0.1) is 0 Å². The first-order valence-electron chi connectivity index (χ1n) is 7.01. The van der Waals surface area contributed by atoms with Crippen LogP contribution in [0.1, 0.15) is 52.4 Å². The summed E-state index contributed by atoms with van der Waals surface area (Å²) in [6, 6.07) is 0. The van der Waals surface area contributed by atoms with E-state index in [1.165, 1.54) is 6.42 Å². The molecule has 0 radical (unpaired) electrons. The Kier molecular flexibility index (Phi) is 4.15.